The van der Waals surface area contributed by atoms with Crippen molar-refractivity contribution in [1.29, 1.82) is 0 Å². The highest BCUT2D eigenvalue weighted by atomic mass is 31.2. The number of hydrogen-bond donors (Lipinski definition) is 1. The van der Waals surface area contributed by atoms with Gasteiger partial charge in [-0.15, -0.1) is 0 Å². The predicted molar refractivity (Wildman–Crippen MR) is 96.7 cm³/mol. The molecule has 0 aliphatic heterocycles. The van der Waals surface area contributed by atoms with Crippen LogP contribution >= 0.6 is 7.82 Å². The minimum absolute atomic E-state index is 1.29. The predicted octanol–water partition coefficient (Wildman–Crippen LogP) is 3.47. The summed E-state index contributed by atoms with van der Waals surface area (Å²) in [6.45, 7) is 0. The Morgan fingerprint density at radius 2 is 0.920 bits per heavy atom. The Labute approximate surface area is 145 Å². The highest BCUT2D eigenvalue weighted by Crippen LogP contribution is 2.33. The van der Waals surface area contributed by atoms with Gasteiger partial charge in [-0.3, -0.25) is 0 Å². The first-order valence-electron chi connectivity index (χ1n) is 7.64. The largest absolute Gasteiger partial charge is 0.790 e. The summed E-state index contributed by atoms with van der Waals surface area (Å²) in [5.74, 6) is 0. The quantitative estimate of drug-likeness (QED) is 0.533. The minimum Gasteiger partial charge on any atom is -0.790 e. The van der Waals surface area contributed by atoms with E-state index in [0.717, 1.165) is 0 Å². The van der Waals surface area contributed by atoms with Crippen molar-refractivity contribution >= 4 is 29.4 Å². The van der Waals surface area contributed by atoms with Crippen molar-refractivity contribution < 1.29 is 19.2 Å². The zero-order valence-electron chi connectivity index (χ0n) is 13.2. The monoisotopic (exact) mass is 350 g/mol. The number of phosphoric acid groups is 1. The molecule has 0 unspecified atom stereocenters. The number of hydrogen-bond acceptors (Lipinski definition) is 3. The van der Waals surface area contributed by atoms with Crippen LogP contribution in [0.1, 0.15) is 0 Å². The molecule has 0 atom stereocenters. The molecule has 4 rings (SSSR count). The van der Waals surface area contributed by atoms with Crippen LogP contribution in [0.15, 0.2) is 84.9 Å². The molecule has 0 bridgehead atoms. The average molecular weight is 350 g/mol. The maximum Gasteiger partial charge on any atom is 0.0557 e. The van der Waals surface area contributed by atoms with Crippen molar-refractivity contribution in [1.82, 2.24) is 0 Å². The van der Waals surface area contributed by atoms with E-state index >= 15 is 0 Å². The zero-order valence-corrected chi connectivity index (χ0v) is 14.1. The molecule has 4 nitrogen and oxygen atoms in total. The summed E-state index contributed by atoms with van der Waals surface area (Å²) in [6.07, 6.45) is 0. The minimum atomic E-state index is -5.14. The smallest absolute Gasteiger partial charge is 0.0557 e. The molecule has 0 saturated heterocycles. The normalized spacial score (nSPS) is 11.2. The van der Waals surface area contributed by atoms with E-state index in [4.69, 9.17) is 19.2 Å². The van der Waals surface area contributed by atoms with E-state index in [1.807, 2.05) is 0 Å². The Balaban J connectivity index is 0.000000324. The fourth-order valence-electron chi connectivity index (χ4n) is 2.92. The van der Waals surface area contributed by atoms with Crippen LogP contribution in [-0.2, 0) is 4.57 Å². The van der Waals surface area contributed by atoms with Gasteiger partial charge < -0.3 is 19.2 Å². The van der Waals surface area contributed by atoms with Crippen molar-refractivity contribution in [3.05, 3.63) is 84.9 Å². The van der Waals surface area contributed by atoms with Gasteiger partial charge in [0.15, 0.2) is 0 Å². The third kappa shape index (κ3) is 4.32. The van der Waals surface area contributed by atoms with Gasteiger partial charge in [0.2, 0.25) is 0 Å². The molecule has 0 fully saturated rings. The first-order valence-corrected chi connectivity index (χ1v) is 9.14. The van der Waals surface area contributed by atoms with E-state index in [1.54, 1.807) is 0 Å². The Morgan fingerprint density at radius 3 is 1.32 bits per heavy atom. The molecule has 0 aliphatic carbocycles. The molecular formula is C20H15O4P-2. The molecule has 1 N–H and O–H groups in total. The lowest BCUT2D eigenvalue weighted by molar-refractivity contribution is -0.337. The summed E-state index contributed by atoms with van der Waals surface area (Å²) in [6, 6.07) is 30.2. The van der Waals surface area contributed by atoms with Gasteiger partial charge >= 0.3 is 0 Å². The molecule has 0 saturated carbocycles. The summed E-state index contributed by atoms with van der Waals surface area (Å²) < 4.78 is 8.66. The molecular weight excluding hydrogens is 335 g/mol. The standard InChI is InChI=1S/C20H14.H3O4P/c1-3-11-17-15(7-1)9-5-13-19(17)20-14-6-10-16-8-2-4-12-18(16)20;1-5(2,3)4/h1-14H;(H3,1,2,3,4)/p-2. The molecule has 0 amide bonds. The SMILES string of the molecule is O=P([O-])([O-])O.c1ccc2c(-c3cccc4ccccc34)cccc2c1. The van der Waals surface area contributed by atoms with E-state index in [2.05, 4.69) is 84.9 Å². The number of fused-ring (bicyclic) bond motifs is 2. The molecule has 4 aromatic rings. The molecule has 0 heterocycles. The fraction of sp³-hybridized carbons (Fsp3) is 0. The summed E-state index contributed by atoms with van der Waals surface area (Å²) in [5.41, 5.74) is 2.61. The van der Waals surface area contributed by atoms with Crippen molar-refractivity contribution in [2.24, 2.45) is 0 Å². The molecule has 0 spiro atoms. The van der Waals surface area contributed by atoms with Crippen molar-refractivity contribution in [2.75, 3.05) is 0 Å². The van der Waals surface area contributed by atoms with Crippen LogP contribution in [0.4, 0.5) is 0 Å². The van der Waals surface area contributed by atoms with Gasteiger partial charge in [-0.1, -0.05) is 84.9 Å². The van der Waals surface area contributed by atoms with Crippen molar-refractivity contribution in [3.8, 4) is 11.1 Å². The lowest BCUT2D eigenvalue weighted by atomic mass is 9.94. The van der Waals surface area contributed by atoms with E-state index in [1.165, 1.54) is 32.7 Å². The highest BCUT2D eigenvalue weighted by molar-refractivity contribution is 7.42. The Kier molecular flexibility index (Phi) is 4.98. The Morgan fingerprint density at radius 1 is 0.600 bits per heavy atom. The van der Waals surface area contributed by atoms with Crippen LogP contribution in [0, 0.1) is 0 Å². The van der Waals surface area contributed by atoms with Gasteiger partial charge in [-0.2, -0.15) is 0 Å². The second kappa shape index (κ2) is 7.18. The third-order valence-corrected chi connectivity index (χ3v) is 3.87. The average Bonchev–Trinajstić information content (AvgIpc) is 2.59. The van der Waals surface area contributed by atoms with Crippen molar-refractivity contribution in [2.45, 2.75) is 0 Å². The first kappa shape index (κ1) is 17.3. The van der Waals surface area contributed by atoms with Crippen LogP contribution in [-0.4, -0.2) is 4.89 Å². The van der Waals surface area contributed by atoms with Crippen LogP contribution in [0.3, 0.4) is 0 Å². The number of benzene rings is 4. The van der Waals surface area contributed by atoms with Gasteiger partial charge in [0.05, 0.1) is 7.82 Å². The van der Waals surface area contributed by atoms with E-state index in [-0.39, 0.29) is 0 Å². The first-order chi connectivity index (χ1) is 11.9. The zero-order chi connectivity index (χ0) is 17.9. The Hall–Kier alpha value is -2.49. The van der Waals surface area contributed by atoms with Crippen LogP contribution in [0.5, 0.6) is 0 Å². The molecule has 4 aromatic carbocycles. The molecule has 0 aliphatic rings. The second-order valence-corrected chi connectivity index (χ2v) is 6.46. The van der Waals surface area contributed by atoms with Gasteiger partial charge in [0, 0.05) is 0 Å². The number of rotatable bonds is 1. The summed E-state index contributed by atoms with van der Waals surface area (Å²) in [7, 11) is -5.14. The van der Waals surface area contributed by atoms with Crippen LogP contribution in [0.25, 0.3) is 32.7 Å². The topological polar surface area (TPSA) is 83.4 Å². The maximum absolute atomic E-state index is 8.66. The molecule has 25 heavy (non-hydrogen) atoms. The third-order valence-electron chi connectivity index (χ3n) is 3.87. The Bertz CT molecular complexity index is 973. The molecule has 5 heteroatoms. The maximum atomic E-state index is 8.66. The van der Waals surface area contributed by atoms with Crippen LogP contribution < -0.4 is 9.79 Å². The summed E-state index contributed by atoms with van der Waals surface area (Å²) in [5, 5.41) is 5.20. The lowest BCUT2D eigenvalue weighted by Gasteiger charge is -2.19. The summed E-state index contributed by atoms with van der Waals surface area (Å²) >= 11 is 0. The molecule has 126 valence electrons. The molecule has 0 radical (unpaired) electrons. The van der Waals surface area contributed by atoms with E-state index in [9.17, 15) is 0 Å². The second-order valence-electron chi connectivity index (χ2n) is 5.52. The van der Waals surface area contributed by atoms with Gasteiger partial charge in [0.1, 0.15) is 0 Å². The van der Waals surface area contributed by atoms with Crippen molar-refractivity contribution in [3.63, 3.8) is 0 Å². The van der Waals surface area contributed by atoms with Gasteiger partial charge in [0.25, 0.3) is 0 Å². The van der Waals surface area contributed by atoms with Gasteiger partial charge in [-0.25, -0.2) is 0 Å². The fourth-order valence-corrected chi connectivity index (χ4v) is 2.92. The van der Waals surface area contributed by atoms with E-state index < -0.39 is 7.82 Å². The summed E-state index contributed by atoms with van der Waals surface area (Å²) in [4.78, 5) is 24.3. The highest BCUT2D eigenvalue weighted by Gasteiger charge is 2.06. The lowest BCUT2D eigenvalue weighted by Crippen LogP contribution is -2.11. The van der Waals surface area contributed by atoms with Crippen LogP contribution in [0.2, 0.25) is 0 Å². The molecule has 0 aromatic heterocycles. The van der Waals surface area contributed by atoms with Gasteiger partial charge in [-0.05, 0) is 32.7 Å². The van der Waals surface area contributed by atoms with E-state index in [0.29, 0.717) is 0 Å².